The van der Waals surface area contributed by atoms with E-state index in [2.05, 4.69) is 11.6 Å². The number of hydrogen-bond donors (Lipinski definition) is 0. The first kappa shape index (κ1) is 25.8. The van der Waals surface area contributed by atoms with E-state index in [1.54, 1.807) is 62.4 Å². The van der Waals surface area contributed by atoms with Gasteiger partial charge in [0, 0.05) is 6.92 Å². The number of allylic oxidation sites excluding steroid dienone is 1. The topological polar surface area (TPSA) is 96.2 Å². The largest absolute Gasteiger partial charge is 0.490 e. The van der Waals surface area contributed by atoms with Crippen LogP contribution in [0.5, 0.6) is 11.5 Å². The number of hydrogen-bond acceptors (Lipinski definition) is 8. The highest BCUT2D eigenvalue weighted by molar-refractivity contribution is 7.07. The summed E-state index contributed by atoms with van der Waals surface area (Å²) in [6.07, 6.45) is 3.36. The smallest absolute Gasteiger partial charge is 0.338 e. The minimum atomic E-state index is -0.724. The average molecular weight is 519 g/mol. The Morgan fingerprint density at radius 3 is 2.59 bits per heavy atom. The van der Waals surface area contributed by atoms with E-state index in [1.165, 1.54) is 22.8 Å². The maximum atomic E-state index is 13.7. The molecule has 2 heterocycles. The number of benzene rings is 2. The lowest BCUT2D eigenvalue weighted by Crippen LogP contribution is -2.39. The highest BCUT2D eigenvalue weighted by atomic mass is 32.1. The predicted molar refractivity (Wildman–Crippen MR) is 140 cm³/mol. The van der Waals surface area contributed by atoms with Crippen molar-refractivity contribution in [3.05, 3.63) is 103 Å². The van der Waals surface area contributed by atoms with Crippen LogP contribution < -0.4 is 24.4 Å². The molecule has 0 amide bonds. The van der Waals surface area contributed by atoms with Gasteiger partial charge in [0.15, 0.2) is 4.80 Å². The van der Waals surface area contributed by atoms with Gasteiger partial charge in [0.25, 0.3) is 5.56 Å². The van der Waals surface area contributed by atoms with Crippen molar-refractivity contribution in [3.8, 4) is 11.5 Å². The van der Waals surface area contributed by atoms with Gasteiger partial charge in [-0.05, 0) is 55.3 Å². The summed E-state index contributed by atoms with van der Waals surface area (Å²) in [5.74, 6) is 0.0664. The van der Waals surface area contributed by atoms with Crippen molar-refractivity contribution in [1.29, 1.82) is 0 Å². The molecule has 2 aromatic carbocycles. The van der Waals surface area contributed by atoms with Crippen LogP contribution in [0.15, 0.2) is 82.2 Å². The monoisotopic (exact) mass is 518 g/mol. The second-order valence-electron chi connectivity index (χ2n) is 8.14. The first-order valence-corrected chi connectivity index (χ1v) is 12.5. The van der Waals surface area contributed by atoms with Gasteiger partial charge in [0.2, 0.25) is 0 Å². The van der Waals surface area contributed by atoms with E-state index in [1.807, 2.05) is 12.1 Å². The number of carbonyl (C=O) groups is 2. The summed E-state index contributed by atoms with van der Waals surface area (Å²) in [5.41, 5.74) is 1.89. The predicted octanol–water partition coefficient (Wildman–Crippen LogP) is 3.29. The van der Waals surface area contributed by atoms with E-state index in [-0.39, 0.29) is 12.2 Å². The molecule has 8 nitrogen and oxygen atoms in total. The third-order valence-corrected chi connectivity index (χ3v) is 6.48. The SMILES string of the molecule is C=CCOc1ccc([C@@H]2C(C(=O)OCC)=C(C)N=c3s/c(=C\c4cccc(OC(C)=O)c4)c(=O)n32)cc1. The molecule has 0 bridgehead atoms. The molecule has 1 aromatic heterocycles. The zero-order chi connectivity index (χ0) is 26.5. The Hall–Kier alpha value is -4.24. The molecule has 1 atom stereocenters. The number of thiazole rings is 1. The number of nitrogens with zero attached hydrogens (tertiary/aromatic N) is 2. The van der Waals surface area contributed by atoms with Crippen LogP contribution in [0.4, 0.5) is 0 Å². The van der Waals surface area contributed by atoms with E-state index < -0.39 is 18.0 Å². The summed E-state index contributed by atoms with van der Waals surface area (Å²) in [6, 6.07) is 13.4. The Bertz CT molecular complexity index is 1560. The second kappa shape index (κ2) is 11.2. The minimum Gasteiger partial charge on any atom is -0.490 e. The van der Waals surface area contributed by atoms with Crippen LogP contribution in [0.2, 0.25) is 0 Å². The third kappa shape index (κ3) is 5.62. The molecule has 0 saturated heterocycles. The standard InChI is InChI=1S/C28H26N2O6S/c1-5-14-35-21-12-10-20(11-13-21)25-24(27(33)34-6-2)17(3)29-28-30(25)26(32)23(37-28)16-19-8-7-9-22(15-19)36-18(4)31/h5,7-13,15-16,25H,1,6,14H2,2-4H3/b23-16-/t25-/m1/s1. The van der Waals surface area contributed by atoms with Gasteiger partial charge in [0.05, 0.1) is 28.5 Å². The van der Waals surface area contributed by atoms with E-state index in [0.717, 1.165) is 0 Å². The lowest BCUT2D eigenvalue weighted by molar-refractivity contribution is -0.139. The van der Waals surface area contributed by atoms with Crippen molar-refractivity contribution in [2.24, 2.45) is 4.99 Å². The van der Waals surface area contributed by atoms with E-state index in [9.17, 15) is 14.4 Å². The summed E-state index contributed by atoms with van der Waals surface area (Å²) in [6.45, 7) is 9.00. The molecule has 9 heteroatoms. The highest BCUT2D eigenvalue weighted by Crippen LogP contribution is 2.31. The summed E-state index contributed by atoms with van der Waals surface area (Å²) < 4.78 is 18.0. The van der Waals surface area contributed by atoms with Crippen molar-refractivity contribution in [2.75, 3.05) is 13.2 Å². The van der Waals surface area contributed by atoms with Gasteiger partial charge in [-0.15, -0.1) is 0 Å². The number of aromatic nitrogens is 1. The van der Waals surface area contributed by atoms with Crippen LogP contribution in [0.3, 0.4) is 0 Å². The first-order chi connectivity index (χ1) is 17.8. The minimum absolute atomic E-state index is 0.194. The lowest BCUT2D eigenvalue weighted by Gasteiger charge is -2.24. The highest BCUT2D eigenvalue weighted by Gasteiger charge is 2.33. The van der Waals surface area contributed by atoms with Gasteiger partial charge in [-0.2, -0.15) is 0 Å². The van der Waals surface area contributed by atoms with E-state index in [4.69, 9.17) is 14.2 Å². The van der Waals surface area contributed by atoms with Gasteiger partial charge in [-0.25, -0.2) is 9.79 Å². The molecule has 0 radical (unpaired) electrons. The molecule has 3 aromatic rings. The molecular weight excluding hydrogens is 492 g/mol. The van der Waals surface area contributed by atoms with Crippen molar-refractivity contribution in [3.63, 3.8) is 0 Å². The Labute approximate surface area is 217 Å². The maximum Gasteiger partial charge on any atom is 0.338 e. The number of fused-ring (bicyclic) bond motifs is 1. The Morgan fingerprint density at radius 2 is 1.92 bits per heavy atom. The fourth-order valence-corrected chi connectivity index (χ4v) is 5.04. The van der Waals surface area contributed by atoms with Crippen molar-refractivity contribution >= 4 is 29.4 Å². The Morgan fingerprint density at radius 1 is 1.16 bits per heavy atom. The summed E-state index contributed by atoms with van der Waals surface area (Å²) in [5, 5.41) is 0. The number of carbonyl (C=O) groups excluding carboxylic acids is 2. The molecule has 190 valence electrons. The normalized spacial score (nSPS) is 15.0. The molecule has 0 aliphatic carbocycles. The molecule has 0 spiro atoms. The van der Waals surface area contributed by atoms with Crippen molar-refractivity contribution in [2.45, 2.75) is 26.8 Å². The Balaban J connectivity index is 1.85. The van der Waals surface area contributed by atoms with E-state index >= 15 is 0 Å². The van der Waals surface area contributed by atoms with E-state index in [0.29, 0.717) is 49.8 Å². The zero-order valence-electron chi connectivity index (χ0n) is 20.7. The first-order valence-electron chi connectivity index (χ1n) is 11.6. The fraction of sp³-hybridized carbons (Fsp3) is 0.214. The fourth-order valence-electron chi connectivity index (χ4n) is 3.99. The quantitative estimate of drug-likeness (QED) is 0.258. The molecule has 37 heavy (non-hydrogen) atoms. The number of esters is 2. The van der Waals surface area contributed by atoms with Crippen LogP contribution >= 0.6 is 11.3 Å². The molecular formula is C28H26N2O6S. The average Bonchev–Trinajstić information content (AvgIpc) is 3.16. The van der Waals surface area contributed by atoms with Gasteiger partial charge in [-0.1, -0.05) is 48.3 Å². The molecule has 0 unspecified atom stereocenters. The van der Waals surface area contributed by atoms with Crippen LogP contribution in [0.1, 0.15) is 37.9 Å². The molecule has 0 fully saturated rings. The maximum absolute atomic E-state index is 13.7. The molecule has 1 aliphatic heterocycles. The molecule has 1 aliphatic rings. The molecule has 0 N–H and O–H groups in total. The number of rotatable bonds is 8. The summed E-state index contributed by atoms with van der Waals surface area (Å²) in [7, 11) is 0. The van der Waals surface area contributed by atoms with Gasteiger partial charge < -0.3 is 14.2 Å². The van der Waals surface area contributed by atoms with Crippen LogP contribution in [0, 0.1) is 0 Å². The van der Waals surface area contributed by atoms with Crippen LogP contribution in [0.25, 0.3) is 6.08 Å². The van der Waals surface area contributed by atoms with Crippen molar-refractivity contribution < 1.29 is 23.8 Å². The second-order valence-corrected chi connectivity index (χ2v) is 9.15. The van der Waals surface area contributed by atoms with Gasteiger partial charge in [0.1, 0.15) is 18.1 Å². The van der Waals surface area contributed by atoms with Gasteiger partial charge >= 0.3 is 11.9 Å². The molecule has 0 saturated carbocycles. The molecule has 4 rings (SSSR count). The Kier molecular flexibility index (Phi) is 7.83. The van der Waals surface area contributed by atoms with Gasteiger partial charge in [-0.3, -0.25) is 14.2 Å². The third-order valence-electron chi connectivity index (χ3n) is 5.50. The van der Waals surface area contributed by atoms with Crippen LogP contribution in [-0.4, -0.2) is 29.7 Å². The summed E-state index contributed by atoms with van der Waals surface area (Å²) >= 11 is 1.22. The summed E-state index contributed by atoms with van der Waals surface area (Å²) in [4.78, 5) is 43.1. The zero-order valence-corrected chi connectivity index (χ0v) is 21.5. The van der Waals surface area contributed by atoms with Crippen LogP contribution in [-0.2, 0) is 14.3 Å². The van der Waals surface area contributed by atoms with Crippen molar-refractivity contribution in [1.82, 2.24) is 4.57 Å². The number of ether oxygens (including phenoxy) is 3. The lowest BCUT2D eigenvalue weighted by atomic mass is 9.96.